The first-order valence-corrected chi connectivity index (χ1v) is 9.70. The zero-order chi connectivity index (χ0) is 21.0. The summed E-state index contributed by atoms with van der Waals surface area (Å²) in [6.07, 6.45) is -0.962. The molecule has 0 heterocycles. The van der Waals surface area contributed by atoms with Gasteiger partial charge in [0.25, 0.3) is 0 Å². The van der Waals surface area contributed by atoms with E-state index < -0.39 is 12.1 Å². The quantitative estimate of drug-likeness (QED) is 0.508. The number of aryl methyl sites for hydroxylation is 2. The maximum atomic E-state index is 11.9. The Kier molecular flexibility index (Phi) is 6.45. The minimum Gasteiger partial charge on any atom is -0.478 e. The first-order valence-electron chi connectivity index (χ1n) is 9.32. The summed E-state index contributed by atoms with van der Waals surface area (Å²) in [6, 6.07) is 18.4. The minimum absolute atomic E-state index is 0.116. The summed E-state index contributed by atoms with van der Waals surface area (Å²) < 4.78 is 11.9. The number of rotatable bonds is 7. The normalized spacial score (nSPS) is 11.7. The van der Waals surface area contributed by atoms with E-state index in [1.165, 1.54) is 0 Å². The average molecular weight is 411 g/mol. The second-order valence-corrected chi connectivity index (χ2v) is 7.46. The topological polar surface area (TPSA) is 55.8 Å². The molecule has 0 amide bonds. The summed E-state index contributed by atoms with van der Waals surface area (Å²) >= 11 is 6.17. The molecule has 0 unspecified atom stereocenters. The highest BCUT2D eigenvalue weighted by molar-refractivity contribution is 6.30. The summed E-state index contributed by atoms with van der Waals surface area (Å²) in [5, 5.41) is 10.3. The molecule has 0 spiro atoms. The van der Waals surface area contributed by atoms with Gasteiger partial charge in [0.2, 0.25) is 0 Å². The number of ether oxygens (including phenoxy) is 2. The van der Waals surface area contributed by atoms with Gasteiger partial charge in [0.15, 0.2) is 6.10 Å². The summed E-state index contributed by atoms with van der Waals surface area (Å²) in [7, 11) is 0. The molecule has 3 rings (SSSR count). The molecule has 1 atom stereocenters. The van der Waals surface area contributed by atoms with E-state index in [0.717, 1.165) is 16.7 Å². The lowest BCUT2D eigenvalue weighted by Gasteiger charge is -2.20. The summed E-state index contributed by atoms with van der Waals surface area (Å²) in [4.78, 5) is 11.9. The van der Waals surface area contributed by atoms with Crippen LogP contribution in [0.1, 0.15) is 22.3 Å². The van der Waals surface area contributed by atoms with Gasteiger partial charge in [-0.15, -0.1) is 0 Å². The zero-order valence-corrected chi connectivity index (χ0v) is 17.4. The number of carboxylic acid groups (broad SMARTS) is 1. The molecule has 0 aromatic heterocycles. The molecule has 5 heteroatoms. The van der Waals surface area contributed by atoms with E-state index >= 15 is 0 Å². The average Bonchev–Trinajstić information content (AvgIpc) is 2.68. The Hall–Kier alpha value is -2.98. The van der Waals surface area contributed by atoms with Crippen LogP contribution in [0.25, 0.3) is 0 Å². The van der Waals surface area contributed by atoms with Crippen LogP contribution in [0.2, 0.25) is 5.02 Å². The van der Waals surface area contributed by atoms with E-state index in [9.17, 15) is 9.90 Å². The van der Waals surface area contributed by atoms with Crippen LogP contribution in [-0.2, 0) is 11.2 Å². The van der Waals surface area contributed by atoms with Crippen molar-refractivity contribution in [2.24, 2.45) is 0 Å². The van der Waals surface area contributed by atoms with Crippen molar-refractivity contribution in [1.29, 1.82) is 0 Å². The van der Waals surface area contributed by atoms with Gasteiger partial charge < -0.3 is 14.6 Å². The zero-order valence-electron chi connectivity index (χ0n) is 16.6. The van der Waals surface area contributed by atoms with Gasteiger partial charge in [-0.2, -0.15) is 0 Å². The molecule has 3 aromatic carbocycles. The van der Waals surface area contributed by atoms with Crippen molar-refractivity contribution in [3.8, 4) is 17.2 Å². The second kappa shape index (κ2) is 9.01. The predicted molar refractivity (Wildman–Crippen MR) is 114 cm³/mol. The Bertz CT molecular complexity index is 1010. The lowest BCUT2D eigenvalue weighted by Crippen LogP contribution is -2.30. The largest absolute Gasteiger partial charge is 0.478 e. The third-order valence-electron chi connectivity index (χ3n) is 4.71. The standard InChI is InChI=1S/C24H23ClO4/c1-15-11-16(2)17(3)22(12-15)29-23(24(26)27)14-18-13-19(25)9-10-21(18)28-20-7-5-4-6-8-20/h4-13,23H,14H2,1-3H3,(H,26,27)/t23-/m1/s1. The third kappa shape index (κ3) is 5.30. The van der Waals surface area contributed by atoms with E-state index in [1.807, 2.05) is 63.2 Å². The number of hydrogen-bond donors (Lipinski definition) is 1. The SMILES string of the molecule is Cc1cc(C)c(C)c(O[C@H](Cc2cc(Cl)ccc2Oc2ccccc2)C(=O)O)c1. The number of carboxylic acids is 1. The first-order chi connectivity index (χ1) is 13.8. The molecule has 0 bridgehead atoms. The lowest BCUT2D eigenvalue weighted by molar-refractivity contribution is -0.145. The van der Waals surface area contributed by atoms with Gasteiger partial charge >= 0.3 is 5.97 Å². The van der Waals surface area contributed by atoms with Crippen molar-refractivity contribution >= 4 is 17.6 Å². The second-order valence-electron chi connectivity index (χ2n) is 7.02. The molecule has 0 aliphatic heterocycles. The molecule has 1 N–H and O–H groups in total. The number of aliphatic carboxylic acids is 1. The van der Waals surface area contributed by atoms with Crippen molar-refractivity contribution in [1.82, 2.24) is 0 Å². The van der Waals surface area contributed by atoms with Gasteiger partial charge in [0.1, 0.15) is 17.2 Å². The van der Waals surface area contributed by atoms with Gasteiger partial charge in [0, 0.05) is 17.0 Å². The van der Waals surface area contributed by atoms with E-state index in [0.29, 0.717) is 27.8 Å². The van der Waals surface area contributed by atoms with Gasteiger partial charge in [-0.3, -0.25) is 0 Å². The van der Waals surface area contributed by atoms with Crippen molar-refractivity contribution in [2.45, 2.75) is 33.3 Å². The Labute approximate surface area is 175 Å². The fraction of sp³-hybridized carbons (Fsp3) is 0.208. The van der Waals surface area contributed by atoms with Gasteiger partial charge in [-0.05, 0) is 73.9 Å². The minimum atomic E-state index is -1.08. The first kappa shape index (κ1) is 20.7. The molecule has 0 fully saturated rings. The van der Waals surface area contributed by atoms with Crippen LogP contribution in [0.3, 0.4) is 0 Å². The van der Waals surface area contributed by atoms with E-state index in [2.05, 4.69) is 0 Å². The highest BCUT2D eigenvalue weighted by Crippen LogP contribution is 2.30. The van der Waals surface area contributed by atoms with Crippen molar-refractivity contribution in [2.75, 3.05) is 0 Å². The third-order valence-corrected chi connectivity index (χ3v) is 4.94. The van der Waals surface area contributed by atoms with E-state index in [4.69, 9.17) is 21.1 Å². The number of halogens is 1. The smallest absolute Gasteiger partial charge is 0.345 e. The van der Waals surface area contributed by atoms with Crippen molar-refractivity contribution in [3.63, 3.8) is 0 Å². The molecule has 0 aliphatic carbocycles. The maximum Gasteiger partial charge on any atom is 0.345 e. The van der Waals surface area contributed by atoms with Gasteiger partial charge in [-0.1, -0.05) is 35.9 Å². The highest BCUT2D eigenvalue weighted by atomic mass is 35.5. The van der Waals surface area contributed by atoms with Crippen molar-refractivity contribution in [3.05, 3.63) is 87.9 Å². The molecule has 0 radical (unpaired) electrons. The summed E-state index contributed by atoms with van der Waals surface area (Å²) in [5.41, 5.74) is 3.66. The Morgan fingerprint density at radius 1 is 1.00 bits per heavy atom. The summed E-state index contributed by atoms with van der Waals surface area (Å²) in [6.45, 7) is 5.86. The van der Waals surface area contributed by atoms with Gasteiger partial charge in [-0.25, -0.2) is 4.79 Å². The van der Waals surface area contributed by atoms with E-state index in [-0.39, 0.29) is 6.42 Å². The fourth-order valence-corrected chi connectivity index (χ4v) is 3.27. The Morgan fingerprint density at radius 2 is 1.72 bits per heavy atom. The highest BCUT2D eigenvalue weighted by Gasteiger charge is 2.23. The van der Waals surface area contributed by atoms with Crippen LogP contribution in [0.4, 0.5) is 0 Å². The van der Waals surface area contributed by atoms with Crippen LogP contribution >= 0.6 is 11.6 Å². The van der Waals surface area contributed by atoms with E-state index in [1.54, 1.807) is 18.2 Å². The number of benzene rings is 3. The Balaban J connectivity index is 1.89. The van der Waals surface area contributed by atoms with Gasteiger partial charge in [0.05, 0.1) is 0 Å². The monoisotopic (exact) mass is 410 g/mol. The molecule has 0 saturated heterocycles. The summed E-state index contributed by atoms with van der Waals surface area (Å²) in [5.74, 6) is 0.735. The Morgan fingerprint density at radius 3 is 2.41 bits per heavy atom. The molecule has 4 nitrogen and oxygen atoms in total. The predicted octanol–water partition coefficient (Wildman–Crippen LogP) is 6.13. The fourth-order valence-electron chi connectivity index (χ4n) is 3.08. The lowest BCUT2D eigenvalue weighted by atomic mass is 10.0. The van der Waals surface area contributed by atoms with Crippen molar-refractivity contribution < 1.29 is 19.4 Å². The van der Waals surface area contributed by atoms with Crippen LogP contribution in [0, 0.1) is 20.8 Å². The maximum absolute atomic E-state index is 11.9. The van der Waals surface area contributed by atoms with Crippen LogP contribution in [-0.4, -0.2) is 17.2 Å². The molecule has 29 heavy (non-hydrogen) atoms. The molecule has 150 valence electrons. The van der Waals surface area contributed by atoms with Crippen LogP contribution in [0.15, 0.2) is 60.7 Å². The molecular weight excluding hydrogens is 388 g/mol. The molecule has 0 aliphatic rings. The molecular formula is C24H23ClO4. The number of para-hydroxylation sites is 1. The van der Waals surface area contributed by atoms with Crippen LogP contribution in [0.5, 0.6) is 17.2 Å². The molecule has 0 saturated carbocycles. The molecule has 3 aromatic rings. The number of hydrogen-bond acceptors (Lipinski definition) is 3. The van der Waals surface area contributed by atoms with Crippen LogP contribution < -0.4 is 9.47 Å². The number of carbonyl (C=O) groups is 1.